The van der Waals surface area contributed by atoms with Gasteiger partial charge in [0.15, 0.2) is 0 Å². The standard InChI is InChI=1S/C57H44N2/c1-37-16-11-12-23-46(37)56-38(2)26-27-41-33-50-51-34-44(29-31-54(51)59(55(50)36-49(41)56)42-20-9-6-10-21-42)58(43-22-15-19-40(32-43)39-17-7-5-8-18-39)45-28-30-48-47-24-13-14-25-52(47)57(3,4)53(48)35-45/h5-36H,1-4H3. The third-order valence-electron chi connectivity index (χ3n) is 12.8. The number of benzene rings is 9. The van der Waals surface area contributed by atoms with Gasteiger partial charge in [-0.15, -0.1) is 0 Å². The summed E-state index contributed by atoms with van der Waals surface area (Å²) in [5.74, 6) is 0. The first-order valence-electron chi connectivity index (χ1n) is 20.7. The highest BCUT2D eigenvalue weighted by Gasteiger charge is 2.36. The van der Waals surface area contributed by atoms with E-state index in [1.165, 1.54) is 88.2 Å². The molecule has 0 N–H and O–H groups in total. The van der Waals surface area contributed by atoms with Gasteiger partial charge in [-0.05, 0) is 147 Å². The number of para-hydroxylation sites is 1. The number of hydrogen-bond donors (Lipinski definition) is 0. The molecule has 0 amide bonds. The minimum Gasteiger partial charge on any atom is -0.310 e. The Balaban J connectivity index is 1.17. The van der Waals surface area contributed by atoms with Gasteiger partial charge in [-0.2, -0.15) is 0 Å². The summed E-state index contributed by atoms with van der Waals surface area (Å²) in [6.07, 6.45) is 0. The van der Waals surface area contributed by atoms with E-state index in [2.05, 4.69) is 231 Å². The third kappa shape index (κ3) is 5.55. The zero-order valence-corrected chi connectivity index (χ0v) is 33.9. The van der Waals surface area contributed by atoms with E-state index in [9.17, 15) is 0 Å². The Bertz CT molecular complexity index is 3260. The summed E-state index contributed by atoms with van der Waals surface area (Å²) in [5.41, 5.74) is 19.7. The Hall–Kier alpha value is -7.16. The van der Waals surface area contributed by atoms with Crippen LogP contribution in [0.15, 0.2) is 194 Å². The molecule has 0 atom stereocenters. The van der Waals surface area contributed by atoms with E-state index in [1.807, 2.05) is 0 Å². The van der Waals surface area contributed by atoms with E-state index in [1.54, 1.807) is 0 Å². The van der Waals surface area contributed by atoms with Crippen LogP contribution in [0.1, 0.15) is 36.1 Å². The number of aromatic nitrogens is 1. The zero-order valence-electron chi connectivity index (χ0n) is 33.9. The first-order valence-corrected chi connectivity index (χ1v) is 20.7. The molecule has 59 heavy (non-hydrogen) atoms. The number of nitrogens with zero attached hydrogens (tertiary/aromatic N) is 2. The van der Waals surface area contributed by atoms with Crippen molar-refractivity contribution in [3.05, 3.63) is 216 Å². The van der Waals surface area contributed by atoms with Crippen molar-refractivity contribution in [1.29, 1.82) is 0 Å². The molecule has 2 nitrogen and oxygen atoms in total. The Morgan fingerprint density at radius 3 is 1.86 bits per heavy atom. The molecule has 1 aliphatic rings. The van der Waals surface area contributed by atoms with Crippen LogP contribution in [0.2, 0.25) is 0 Å². The number of aryl methyl sites for hydroxylation is 2. The van der Waals surface area contributed by atoms with E-state index < -0.39 is 0 Å². The molecule has 1 aliphatic carbocycles. The number of anilines is 3. The fourth-order valence-electron chi connectivity index (χ4n) is 9.87. The Labute approximate surface area is 346 Å². The van der Waals surface area contributed by atoms with Crippen LogP contribution in [-0.4, -0.2) is 4.57 Å². The van der Waals surface area contributed by atoms with Crippen LogP contribution in [0.25, 0.3) is 71.6 Å². The lowest BCUT2D eigenvalue weighted by Gasteiger charge is -2.28. The smallest absolute Gasteiger partial charge is 0.0547 e. The van der Waals surface area contributed by atoms with Crippen molar-refractivity contribution in [3.63, 3.8) is 0 Å². The maximum atomic E-state index is 2.46. The van der Waals surface area contributed by atoms with Crippen molar-refractivity contribution in [3.8, 4) is 39.1 Å². The average Bonchev–Trinajstić information content (AvgIpc) is 3.71. The normalized spacial score (nSPS) is 12.9. The van der Waals surface area contributed by atoms with Crippen LogP contribution in [0.4, 0.5) is 17.1 Å². The van der Waals surface area contributed by atoms with Crippen LogP contribution in [0.5, 0.6) is 0 Å². The van der Waals surface area contributed by atoms with Crippen molar-refractivity contribution < 1.29 is 0 Å². The van der Waals surface area contributed by atoms with Crippen LogP contribution in [0.3, 0.4) is 0 Å². The minimum atomic E-state index is -0.122. The van der Waals surface area contributed by atoms with Crippen molar-refractivity contribution in [2.24, 2.45) is 0 Å². The van der Waals surface area contributed by atoms with Crippen LogP contribution in [-0.2, 0) is 5.41 Å². The van der Waals surface area contributed by atoms with E-state index >= 15 is 0 Å². The lowest BCUT2D eigenvalue weighted by molar-refractivity contribution is 0.660. The van der Waals surface area contributed by atoms with Crippen LogP contribution < -0.4 is 4.90 Å². The van der Waals surface area contributed by atoms with Gasteiger partial charge >= 0.3 is 0 Å². The van der Waals surface area contributed by atoms with Gasteiger partial charge in [-0.25, -0.2) is 0 Å². The lowest BCUT2D eigenvalue weighted by atomic mass is 9.82. The summed E-state index contributed by atoms with van der Waals surface area (Å²) >= 11 is 0. The van der Waals surface area contributed by atoms with Crippen molar-refractivity contribution in [1.82, 2.24) is 4.57 Å². The van der Waals surface area contributed by atoms with Crippen molar-refractivity contribution >= 4 is 49.6 Å². The lowest BCUT2D eigenvalue weighted by Crippen LogP contribution is -2.16. The third-order valence-corrected chi connectivity index (χ3v) is 12.8. The van der Waals surface area contributed by atoms with Gasteiger partial charge < -0.3 is 9.47 Å². The van der Waals surface area contributed by atoms with Gasteiger partial charge in [-0.3, -0.25) is 0 Å². The van der Waals surface area contributed by atoms with Crippen molar-refractivity contribution in [2.75, 3.05) is 4.90 Å². The van der Waals surface area contributed by atoms with Crippen LogP contribution >= 0.6 is 0 Å². The zero-order chi connectivity index (χ0) is 39.8. The van der Waals surface area contributed by atoms with E-state index in [4.69, 9.17) is 0 Å². The number of rotatable bonds is 6. The summed E-state index contributed by atoms with van der Waals surface area (Å²) in [6.45, 7) is 9.19. The summed E-state index contributed by atoms with van der Waals surface area (Å²) in [4.78, 5) is 2.46. The molecule has 282 valence electrons. The molecule has 10 aromatic rings. The minimum absolute atomic E-state index is 0.122. The molecular formula is C57H44N2. The maximum Gasteiger partial charge on any atom is 0.0547 e. The molecule has 0 saturated heterocycles. The first kappa shape index (κ1) is 35.0. The molecule has 2 heteroatoms. The second-order valence-electron chi connectivity index (χ2n) is 16.7. The quantitative estimate of drug-likeness (QED) is 0.164. The van der Waals surface area contributed by atoms with E-state index in [0.29, 0.717) is 0 Å². The highest BCUT2D eigenvalue weighted by Crippen LogP contribution is 2.51. The van der Waals surface area contributed by atoms with Gasteiger partial charge in [0.2, 0.25) is 0 Å². The molecule has 0 saturated carbocycles. The Morgan fingerprint density at radius 2 is 1.05 bits per heavy atom. The molecule has 0 bridgehead atoms. The molecular weight excluding hydrogens is 713 g/mol. The summed E-state index contributed by atoms with van der Waals surface area (Å²) in [5, 5.41) is 4.97. The molecule has 0 fully saturated rings. The predicted molar refractivity (Wildman–Crippen MR) is 251 cm³/mol. The SMILES string of the molecule is Cc1ccccc1-c1c(C)ccc2cc3c4cc(N(c5cccc(-c6ccccc6)c5)c5ccc6c(c5)C(C)(C)c5ccccc5-6)ccc4n(-c4ccccc4)c3cc12. The van der Waals surface area contributed by atoms with E-state index in [-0.39, 0.29) is 5.41 Å². The van der Waals surface area contributed by atoms with E-state index in [0.717, 1.165) is 22.7 Å². The number of hydrogen-bond acceptors (Lipinski definition) is 1. The van der Waals surface area contributed by atoms with Crippen molar-refractivity contribution in [2.45, 2.75) is 33.1 Å². The molecule has 1 aromatic heterocycles. The summed E-state index contributed by atoms with van der Waals surface area (Å²) in [6, 6.07) is 71.8. The monoisotopic (exact) mass is 756 g/mol. The van der Waals surface area contributed by atoms with Gasteiger partial charge in [0.05, 0.1) is 11.0 Å². The van der Waals surface area contributed by atoms with Crippen LogP contribution in [0, 0.1) is 13.8 Å². The fraction of sp³-hybridized carbons (Fsp3) is 0.0877. The van der Waals surface area contributed by atoms with Gasteiger partial charge in [0, 0.05) is 38.9 Å². The summed E-state index contributed by atoms with van der Waals surface area (Å²) < 4.78 is 2.45. The molecule has 0 unspecified atom stereocenters. The predicted octanol–water partition coefficient (Wildman–Crippen LogP) is 15.7. The second-order valence-corrected chi connectivity index (χ2v) is 16.7. The first-order chi connectivity index (χ1) is 28.8. The largest absolute Gasteiger partial charge is 0.310 e. The fourth-order valence-corrected chi connectivity index (χ4v) is 9.87. The molecule has 0 spiro atoms. The van der Waals surface area contributed by atoms with Gasteiger partial charge in [0.25, 0.3) is 0 Å². The number of fused-ring (bicyclic) bond motifs is 7. The molecule has 9 aromatic carbocycles. The second kappa shape index (κ2) is 13.5. The maximum absolute atomic E-state index is 2.46. The Kier molecular flexibility index (Phi) is 8.00. The highest BCUT2D eigenvalue weighted by molar-refractivity contribution is 6.16. The molecule has 0 radical (unpaired) electrons. The molecule has 0 aliphatic heterocycles. The molecule has 1 heterocycles. The Morgan fingerprint density at radius 1 is 0.407 bits per heavy atom. The molecule has 11 rings (SSSR count). The van der Waals surface area contributed by atoms with Gasteiger partial charge in [0.1, 0.15) is 0 Å². The summed E-state index contributed by atoms with van der Waals surface area (Å²) in [7, 11) is 0. The highest BCUT2D eigenvalue weighted by atomic mass is 15.1. The average molecular weight is 757 g/mol. The van der Waals surface area contributed by atoms with Gasteiger partial charge in [-0.1, -0.05) is 141 Å². The topological polar surface area (TPSA) is 8.17 Å².